The molecule has 2 aromatic rings. The highest BCUT2D eigenvalue weighted by Crippen LogP contribution is 2.25. The minimum absolute atomic E-state index is 0.278. The zero-order valence-corrected chi connectivity index (χ0v) is 14.7. The molecule has 6 heteroatoms. The number of rotatable bonds is 5. The number of carbonyl (C=O) groups excluding carboxylic acids is 1. The fraction of sp³-hybridized carbons (Fsp3) is 0.176. The van der Waals surface area contributed by atoms with E-state index < -0.39 is 0 Å². The molecule has 0 aliphatic carbocycles. The van der Waals surface area contributed by atoms with Gasteiger partial charge in [0.15, 0.2) is 0 Å². The first-order chi connectivity index (χ1) is 11.0. The maximum absolute atomic E-state index is 12.1. The molecule has 0 aromatic heterocycles. The predicted octanol–water partition coefficient (Wildman–Crippen LogP) is 3.62. The fourth-order valence-electron chi connectivity index (χ4n) is 1.90. The van der Waals surface area contributed by atoms with Gasteiger partial charge in [0.1, 0.15) is 11.5 Å². The summed E-state index contributed by atoms with van der Waals surface area (Å²) in [5.41, 5.74) is 4.63. The molecule has 0 heterocycles. The lowest BCUT2D eigenvalue weighted by atomic mass is 10.1. The van der Waals surface area contributed by atoms with E-state index in [-0.39, 0.29) is 5.91 Å². The van der Waals surface area contributed by atoms with Gasteiger partial charge in [-0.3, -0.25) is 4.79 Å². The van der Waals surface area contributed by atoms with Crippen molar-refractivity contribution in [2.24, 2.45) is 5.10 Å². The molecule has 0 saturated heterocycles. The minimum atomic E-state index is -0.278. The lowest BCUT2D eigenvalue weighted by molar-refractivity contribution is 0.0955. The number of methoxy groups -OCH3 is 2. The zero-order chi connectivity index (χ0) is 16.8. The molecule has 2 rings (SSSR count). The van der Waals surface area contributed by atoms with Crippen LogP contribution in [0.1, 0.15) is 22.8 Å². The standard InChI is InChI=1S/C17H17BrN2O3/c1-11(13-6-9-16(23-3)15(18)10-13)19-20-17(21)12-4-7-14(22-2)8-5-12/h4-10H,1-3H3,(H,20,21). The second-order valence-corrected chi connectivity index (χ2v) is 5.57. The Labute approximate surface area is 143 Å². The van der Waals surface area contributed by atoms with Crippen LogP contribution in [0.25, 0.3) is 0 Å². The number of hydrazone groups is 1. The summed E-state index contributed by atoms with van der Waals surface area (Å²) in [7, 11) is 3.19. The Hall–Kier alpha value is -2.34. The molecule has 120 valence electrons. The Kier molecular flexibility index (Phi) is 5.76. The molecule has 1 N–H and O–H groups in total. The zero-order valence-electron chi connectivity index (χ0n) is 13.1. The maximum Gasteiger partial charge on any atom is 0.271 e. The highest BCUT2D eigenvalue weighted by atomic mass is 79.9. The Bertz CT molecular complexity index is 727. The molecule has 2 aromatic carbocycles. The minimum Gasteiger partial charge on any atom is -0.497 e. The first-order valence-corrected chi connectivity index (χ1v) is 7.67. The van der Waals surface area contributed by atoms with Crippen LogP contribution >= 0.6 is 15.9 Å². The number of nitrogens with one attached hydrogen (secondary N) is 1. The van der Waals surface area contributed by atoms with Gasteiger partial charge in [-0.05, 0) is 70.9 Å². The van der Waals surface area contributed by atoms with E-state index in [0.717, 1.165) is 15.8 Å². The summed E-state index contributed by atoms with van der Waals surface area (Å²) < 4.78 is 11.1. The molecule has 0 radical (unpaired) electrons. The quantitative estimate of drug-likeness (QED) is 0.640. The third-order valence-electron chi connectivity index (χ3n) is 3.25. The largest absolute Gasteiger partial charge is 0.497 e. The summed E-state index contributed by atoms with van der Waals surface area (Å²) in [6, 6.07) is 12.4. The summed E-state index contributed by atoms with van der Waals surface area (Å²) in [6.07, 6.45) is 0. The lowest BCUT2D eigenvalue weighted by Gasteiger charge is -2.07. The van der Waals surface area contributed by atoms with Gasteiger partial charge in [-0.25, -0.2) is 5.43 Å². The molecule has 0 bridgehead atoms. The van der Waals surface area contributed by atoms with E-state index in [1.54, 1.807) is 38.5 Å². The van der Waals surface area contributed by atoms with E-state index >= 15 is 0 Å². The summed E-state index contributed by atoms with van der Waals surface area (Å²) in [4.78, 5) is 12.1. The van der Waals surface area contributed by atoms with Gasteiger partial charge in [-0.15, -0.1) is 0 Å². The van der Waals surface area contributed by atoms with E-state index in [2.05, 4.69) is 26.5 Å². The number of carbonyl (C=O) groups is 1. The van der Waals surface area contributed by atoms with Gasteiger partial charge >= 0.3 is 0 Å². The van der Waals surface area contributed by atoms with Crippen molar-refractivity contribution in [1.29, 1.82) is 0 Å². The molecule has 0 unspecified atom stereocenters. The van der Waals surface area contributed by atoms with E-state index in [9.17, 15) is 4.79 Å². The number of ether oxygens (including phenoxy) is 2. The van der Waals surface area contributed by atoms with Crippen LogP contribution in [0.3, 0.4) is 0 Å². The molecule has 0 aliphatic rings. The van der Waals surface area contributed by atoms with Crippen molar-refractivity contribution < 1.29 is 14.3 Å². The van der Waals surface area contributed by atoms with Crippen molar-refractivity contribution in [2.75, 3.05) is 14.2 Å². The summed E-state index contributed by atoms with van der Waals surface area (Å²) in [5, 5.41) is 4.13. The summed E-state index contributed by atoms with van der Waals surface area (Å²) in [5.74, 6) is 1.16. The number of nitrogens with zero attached hydrogens (tertiary/aromatic N) is 1. The van der Waals surface area contributed by atoms with Gasteiger partial charge in [0.05, 0.1) is 24.4 Å². The molecule has 0 spiro atoms. The van der Waals surface area contributed by atoms with Gasteiger partial charge in [0.25, 0.3) is 5.91 Å². The molecule has 23 heavy (non-hydrogen) atoms. The van der Waals surface area contributed by atoms with Crippen LogP contribution in [-0.2, 0) is 0 Å². The summed E-state index contributed by atoms with van der Waals surface area (Å²) >= 11 is 3.43. The predicted molar refractivity (Wildman–Crippen MR) is 93.4 cm³/mol. The van der Waals surface area contributed by atoms with Crippen molar-refractivity contribution in [3.8, 4) is 11.5 Å². The molecule has 1 amide bonds. The highest BCUT2D eigenvalue weighted by molar-refractivity contribution is 9.10. The van der Waals surface area contributed by atoms with Crippen molar-refractivity contribution in [3.05, 3.63) is 58.1 Å². The Morgan fingerprint density at radius 1 is 1.04 bits per heavy atom. The second-order valence-electron chi connectivity index (χ2n) is 4.72. The van der Waals surface area contributed by atoms with Gasteiger partial charge in [0, 0.05) is 5.56 Å². The van der Waals surface area contributed by atoms with E-state index in [1.165, 1.54) is 0 Å². The molecule has 0 saturated carbocycles. The SMILES string of the molecule is COc1ccc(C(=O)NN=C(C)c2ccc(OC)c(Br)c2)cc1. The first kappa shape index (κ1) is 17.0. The average Bonchev–Trinajstić information content (AvgIpc) is 2.59. The van der Waals surface area contributed by atoms with Gasteiger partial charge < -0.3 is 9.47 Å². The van der Waals surface area contributed by atoms with E-state index in [0.29, 0.717) is 17.0 Å². The third-order valence-corrected chi connectivity index (χ3v) is 3.87. The molecule has 0 atom stereocenters. The van der Waals surface area contributed by atoms with Crippen LogP contribution in [0.15, 0.2) is 52.0 Å². The smallest absolute Gasteiger partial charge is 0.271 e. The molecule has 0 aliphatic heterocycles. The van der Waals surface area contributed by atoms with E-state index in [1.807, 2.05) is 25.1 Å². The van der Waals surface area contributed by atoms with Crippen molar-refractivity contribution in [2.45, 2.75) is 6.92 Å². The van der Waals surface area contributed by atoms with Crippen LogP contribution < -0.4 is 14.9 Å². The molecule has 0 fully saturated rings. The Balaban J connectivity index is 2.08. The lowest BCUT2D eigenvalue weighted by Crippen LogP contribution is -2.19. The Morgan fingerprint density at radius 3 is 2.26 bits per heavy atom. The number of benzene rings is 2. The van der Waals surface area contributed by atoms with Crippen LogP contribution in [0.5, 0.6) is 11.5 Å². The van der Waals surface area contributed by atoms with Crippen LogP contribution in [0, 0.1) is 0 Å². The van der Waals surface area contributed by atoms with Crippen molar-refractivity contribution >= 4 is 27.5 Å². The van der Waals surface area contributed by atoms with Gasteiger partial charge in [-0.2, -0.15) is 5.10 Å². The van der Waals surface area contributed by atoms with Crippen LogP contribution in [0.4, 0.5) is 0 Å². The molecular formula is C17H17BrN2O3. The highest BCUT2D eigenvalue weighted by Gasteiger charge is 2.07. The summed E-state index contributed by atoms with van der Waals surface area (Å²) in [6.45, 7) is 1.82. The van der Waals surface area contributed by atoms with Crippen LogP contribution in [-0.4, -0.2) is 25.8 Å². The van der Waals surface area contributed by atoms with Gasteiger partial charge in [-0.1, -0.05) is 0 Å². The maximum atomic E-state index is 12.1. The van der Waals surface area contributed by atoms with Crippen molar-refractivity contribution in [1.82, 2.24) is 5.43 Å². The first-order valence-electron chi connectivity index (χ1n) is 6.87. The molecular weight excluding hydrogens is 360 g/mol. The monoisotopic (exact) mass is 376 g/mol. The fourth-order valence-corrected chi connectivity index (χ4v) is 2.44. The van der Waals surface area contributed by atoms with E-state index in [4.69, 9.17) is 9.47 Å². The van der Waals surface area contributed by atoms with Crippen LogP contribution in [0.2, 0.25) is 0 Å². The number of hydrogen-bond acceptors (Lipinski definition) is 4. The Morgan fingerprint density at radius 2 is 1.70 bits per heavy atom. The number of amides is 1. The second kappa shape index (κ2) is 7.78. The normalized spacial score (nSPS) is 11.0. The van der Waals surface area contributed by atoms with Gasteiger partial charge in [0.2, 0.25) is 0 Å². The number of halogens is 1. The third kappa shape index (κ3) is 4.32. The topological polar surface area (TPSA) is 59.9 Å². The molecule has 5 nitrogen and oxygen atoms in total. The number of hydrogen-bond donors (Lipinski definition) is 1. The van der Waals surface area contributed by atoms with Crippen molar-refractivity contribution in [3.63, 3.8) is 0 Å². The average molecular weight is 377 g/mol.